The fourth-order valence-electron chi connectivity index (χ4n) is 3.73. The first-order chi connectivity index (χ1) is 17.4. The van der Waals surface area contributed by atoms with Crippen molar-refractivity contribution in [1.82, 2.24) is 10.2 Å². The van der Waals surface area contributed by atoms with Gasteiger partial charge in [0.1, 0.15) is 6.61 Å². The van der Waals surface area contributed by atoms with Gasteiger partial charge in [0.05, 0.1) is 37.4 Å². The summed E-state index contributed by atoms with van der Waals surface area (Å²) >= 11 is 0. The van der Waals surface area contributed by atoms with Crippen molar-refractivity contribution < 1.29 is 31.6 Å². The summed E-state index contributed by atoms with van der Waals surface area (Å²) in [5.41, 5.74) is 1.93. The molecule has 0 aliphatic carbocycles. The number of alkyl carbamates (subject to hydrolysis) is 1. The summed E-state index contributed by atoms with van der Waals surface area (Å²) in [5, 5.41) is 2.68. The highest BCUT2D eigenvalue weighted by Gasteiger charge is 2.20. The number of carbonyl (C=O) groups is 1. The molecule has 3 rings (SSSR count). The molecule has 0 atom stereocenters. The maximum atomic E-state index is 12.2. The van der Waals surface area contributed by atoms with Crippen LogP contribution in [0.15, 0.2) is 59.5 Å². The minimum Gasteiger partial charge on any atom is -0.445 e. The molecule has 2 aromatic carbocycles. The molecule has 2 aromatic rings. The quantitative estimate of drug-likeness (QED) is 0.299. The summed E-state index contributed by atoms with van der Waals surface area (Å²) in [7, 11) is -3.76. The fourth-order valence-corrected chi connectivity index (χ4v) is 4.62. The first-order valence-electron chi connectivity index (χ1n) is 12.2. The van der Waals surface area contributed by atoms with Gasteiger partial charge >= 0.3 is 6.09 Å². The van der Waals surface area contributed by atoms with Crippen molar-refractivity contribution in [2.24, 2.45) is 0 Å². The summed E-state index contributed by atoms with van der Waals surface area (Å²) in [6.07, 6.45) is 1.39. The van der Waals surface area contributed by atoms with Crippen molar-refractivity contribution in [1.29, 1.82) is 0 Å². The molecular formula is C26H36N2O7S. The maximum absolute atomic E-state index is 12.2. The second-order valence-electron chi connectivity index (χ2n) is 8.60. The van der Waals surface area contributed by atoms with Gasteiger partial charge in [-0.1, -0.05) is 48.0 Å². The first kappa shape index (κ1) is 28.1. The van der Waals surface area contributed by atoms with Crippen molar-refractivity contribution >= 4 is 16.2 Å². The normalized spacial score (nSPS) is 15.0. The van der Waals surface area contributed by atoms with Crippen molar-refractivity contribution in [3.63, 3.8) is 0 Å². The number of nitrogens with one attached hydrogen (secondary N) is 1. The number of amides is 1. The highest BCUT2D eigenvalue weighted by atomic mass is 32.2. The summed E-state index contributed by atoms with van der Waals surface area (Å²) in [6.45, 7) is 6.36. The van der Waals surface area contributed by atoms with Gasteiger partial charge in [-0.15, -0.1) is 0 Å². The predicted molar refractivity (Wildman–Crippen MR) is 135 cm³/mol. The molecule has 9 nitrogen and oxygen atoms in total. The minimum atomic E-state index is -3.76. The zero-order valence-electron chi connectivity index (χ0n) is 20.8. The molecule has 0 spiro atoms. The second kappa shape index (κ2) is 14.9. The zero-order chi connectivity index (χ0) is 25.6. The van der Waals surface area contributed by atoms with Crippen LogP contribution in [0.4, 0.5) is 4.79 Å². The third-order valence-corrected chi connectivity index (χ3v) is 7.13. The van der Waals surface area contributed by atoms with Crippen LogP contribution < -0.4 is 5.32 Å². The van der Waals surface area contributed by atoms with Crippen LogP contribution in [0.2, 0.25) is 0 Å². The van der Waals surface area contributed by atoms with E-state index in [1.165, 1.54) is 0 Å². The number of ether oxygens (including phenoxy) is 3. The molecule has 0 saturated carbocycles. The van der Waals surface area contributed by atoms with Crippen LogP contribution in [0, 0.1) is 6.92 Å². The molecule has 1 fully saturated rings. The van der Waals surface area contributed by atoms with Crippen molar-refractivity contribution in [2.45, 2.75) is 37.4 Å². The summed E-state index contributed by atoms with van der Waals surface area (Å²) in [5.74, 6) is 0. The largest absolute Gasteiger partial charge is 0.445 e. The number of piperidine rings is 1. The van der Waals surface area contributed by atoms with Crippen LogP contribution in [-0.2, 0) is 35.1 Å². The van der Waals surface area contributed by atoms with E-state index in [0.717, 1.165) is 43.6 Å². The van der Waals surface area contributed by atoms with Crippen LogP contribution >= 0.6 is 0 Å². The SMILES string of the molecule is Cc1ccc(S(=O)(=O)OCCOC2CCN(CCOCCNC(=O)OCc3ccccc3)CC2)cc1. The van der Waals surface area contributed by atoms with Gasteiger partial charge < -0.3 is 24.4 Å². The number of hydrogen-bond donors (Lipinski definition) is 1. The molecule has 0 radical (unpaired) electrons. The van der Waals surface area contributed by atoms with E-state index in [0.29, 0.717) is 19.8 Å². The molecule has 1 aliphatic heterocycles. The number of rotatable bonds is 14. The highest BCUT2D eigenvalue weighted by Crippen LogP contribution is 2.15. The maximum Gasteiger partial charge on any atom is 0.407 e. The van der Waals surface area contributed by atoms with Crippen molar-refractivity contribution in [3.05, 3.63) is 65.7 Å². The molecule has 1 amide bonds. The molecule has 1 heterocycles. The summed E-state index contributed by atoms with van der Waals surface area (Å²) < 4.78 is 46.1. The Bertz CT molecular complexity index is 1010. The van der Waals surface area contributed by atoms with Gasteiger partial charge in [0.2, 0.25) is 0 Å². The monoisotopic (exact) mass is 520 g/mol. The Balaban J connectivity index is 1.16. The van der Waals surface area contributed by atoms with E-state index in [2.05, 4.69) is 10.2 Å². The average molecular weight is 521 g/mol. The number of aryl methyl sites for hydroxylation is 1. The van der Waals surface area contributed by atoms with Crippen LogP contribution in [0.5, 0.6) is 0 Å². The molecule has 0 bridgehead atoms. The Labute approximate surface area is 213 Å². The van der Waals surface area contributed by atoms with Crippen LogP contribution in [0.25, 0.3) is 0 Å². The van der Waals surface area contributed by atoms with E-state index in [1.807, 2.05) is 37.3 Å². The summed E-state index contributed by atoms with van der Waals surface area (Å²) in [6, 6.07) is 16.1. The topological polar surface area (TPSA) is 103 Å². The number of hydrogen-bond acceptors (Lipinski definition) is 8. The Hall–Kier alpha value is -2.50. The number of benzene rings is 2. The molecule has 10 heteroatoms. The highest BCUT2D eigenvalue weighted by molar-refractivity contribution is 7.86. The lowest BCUT2D eigenvalue weighted by Gasteiger charge is -2.31. The van der Waals surface area contributed by atoms with Gasteiger partial charge in [-0.05, 0) is 37.5 Å². The lowest BCUT2D eigenvalue weighted by atomic mass is 10.1. The Morgan fingerprint density at radius 2 is 1.69 bits per heavy atom. The smallest absolute Gasteiger partial charge is 0.407 e. The van der Waals surface area contributed by atoms with E-state index in [9.17, 15) is 13.2 Å². The molecular weight excluding hydrogens is 484 g/mol. The first-order valence-corrected chi connectivity index (χ1v) is 13.7. The second-order valence-corrected chi connectivity index (χ2v) is 10.2. The van der Waals surface area contributed by atoms with Gasteiger partial charge in [0.25, 0.3) is 10.1 Å². The van der Waals surface area contributed by atoms with Crippen molar-refractivity contribution in [2.75, 3.05) is 52.6 Å². The lowest BCUT2D eigenvalue weighted by Crippen LogP contribution is -2.39. The Morgan fingerprint density at radius 1 is 0.972 bits per heavy atom. The molecule has 0 unspecified atom stereocenters. The molecule has 198 valence electrons. The Morgan fingerprint density at radius 3 is 2.42 bits per heavy atom. The molecule has 36 heavy (non-hydrogen) atoms. The summed E-state index contributed by atoms with van der Waals surface area (Å²) in [4.78, 5) is 14.2. The van der Waals surface area contributed by atoms with E-state index in [-0.39, 0.29) is 30.8 Å². The van der Waals surface area contributed by atoms with Crippen molar-refractivity contribution in [3.8, 4) is 0 Å². The Kier molecular flexibility index (Phi) is 11.6. The molecule has 0 aromatic heterocycles. The number of likely N-dealkylation sites (tertiary alicyclic amines) is 1. The van der Waals surface area contributed by atoms with E-state index in [1.54, 1.807) is 24.3 Å². The number of carbonyl (C=O) groups excluding carboxylic acids is 1. The van der Waals surface area contributed by atoms with E-state index < -0.39 is 16.2 Å². The van der Waals surface area contributed by atoms with Gasteiger partial charge in [-0.25, -0.2) is 4.79 Å². The van der Waals surface area contributed by atoms with Gasteiger partial charge in [-0.2, -0.15) is 8.42 Å². The molecule has 1 N–H and O–H groups in total. The van der Waals surface area contributed by atoms with E-state index in [4.69, 9.17) is 18.4 Å². The van der Waals surface area contributed by atoms with Gasteiger partial charge in [0.15, 0.2) is 0 Å². The fraction of sp³-hybridized carbons (Fsp3) is 0.500. The number of nitrogens with zero attached hydrogens (tertiary/aromatic N) is 1. The standard InChI is InChI=1S/C26H36N2O7S/c1-22-7-9-25(10-8-22)36(30,31)35-20-19-33-24-11-14-28(15-12-24)16-18-32-17-13-27-26(29)34-21-23-5-3-2-4-6-23/h2-10,24H,11-21H2,1H3,(H,27,29). The zero-order valence-corrected chi connectivity index (χ0v) is 21.6. The molecule has 1 aliphatic rings. The predicted octanol–water partition coefficient (Wildman–Crippen LogP) is 3.12. The third kappa shape index (κ3) is 10.2. The average Bonchev–Trinajstić information content (AvgIpc) is 2.89. The lowest BCUT2D eigenvalue weighted by molar-refractivity contribution is -0.00862. The van der Waals surface area contributed by atoms with Crippen LogP contribution in [0.3, 0.4) is 0 Å². The minimum absolute atomic E-state index is 0.00189. The third-order valence-electron chi connectivity index (χ3n) is 5.80. The van der Waals surface area contributed by atoms with E-state index >= 15 is 0 Å². The van der Waals surface area contributed by atoms with Crippen LogP contribution in [0.1, 0.15) is 24.0 Å². The van der Waals surface area contributed by atoms with Gasteiger partial charge in [0, 0.05) is 26.2 Å². The molecule has 1 saturated heterocycles. The van der Waals surface area contributed by atoms with Gasteiger partial charge in [-0.3, -0.25) is 4.18 Å². The van der Waals surface area contributed by atoms with Crippen LogP contribution in [-0.4, -0.2) is 78.1 Å².